The van der Waals surface area contributed by atoms with Crippen molar-refractivity contribution in [2.45, 2.75) is 27.0 Å². The Kier molecular flexibility index (Phi) is 4.06. The van der Waals surface area contributed by atoms with Gasteiger partial charge in [0.1, 0.15) is 12.4 Å². The highest BCUT2D eigenvalue weighted by Gasteiger charge is 2.11. The Morgan fingerprint density at radius 2 is 2.00 bits per heavy atom. The molecule has 3 rings (SSSR count). The van der Waals surface area contributed by atoms with Crippen molar-refractivity contribution in [3.63, 3.8) is 0 Å². The number of benzene rings is 2. The van der Waals surface area contributed by atoms with Crippen molar-refractivity contribution in [3.8, 4) is 5.75 Å². The van der Waals surface area contributed by atoms with Gasteiger partial charge in [-0.25, -0.2) is 4.79 Å². The Morgan fingerprint density at radius 3 is 2.70 bits per heavy atom. The second-order valence-electron chi connectivity index (χ2n) is 5.56. The first-order valence-corrected chi connectivity index (χ1v) is 7.63. The summed E-state index contributed by atoms with van der Waals surface area (Å²) in [5, 5.41) is 10.0. The summed E-state index contributed by atoms with van der Waals surface area (Å²) in [4.78, 5) is 11.1. The number of ether oxygens (including phenoxy) is 1. The molecule has 1 heterocycles. The lowest BCUT2D eigenvalue weighted by molar-refractivity contribution is 0.0697. The van der Waals surface area contributed by atoms with Gasteiger partial charge in [0, 0.05) is 17.4 Å². The van der Waals surface area contributed by atoms with E-state index in [1.54, 1.807) is 12.1 Å². The minimum Gasteiger partial charge on any atom is -0.487 e. The molecule has 0 saturated heterocycles. The molecule has 0 radical (unpaired) electrons. The SMILES string of the molecule is CCn1c(COc2cccc(C)c2)cc2cc(C(=O)O)ccc21. The molecule has 4 heteroatoms. The Balaban J connectivity index is 1.92. The molecule has 118 valence electrons. The van der Waals surface area contributed by atoms with Crippen molar-refractivity contribution in [3.05, 3.63) is 65.4 Å². The van der Waals surface area contributed by atoms with Gasteiger partial charge in [0.25, 0.3) is 0 Å². The van der Waals surface area contributed by atoms with Crippen molar-refractivity contribution >= 4 is 16.9 Å². The Labute approximate surface area is 134 Å². The van der Waals surface area contributed by atoms with E-state index in [4.69, 9.17) is 9.84 Å². The summed E-state index contributed by atoms with van der Waals surface area (Å²) in [6, 6.07) is 15.2. The number of aryl methyl sites for hydroxylation is 2. The van der Waals surface area contributed by atoms with E-state index < -0.39 is 5.97 Å². The van der Waals surface area contributed by atoms with Crippen LogP contribution in [0.3, 0.4) is 0 Å². The zero-order valence-electron chi connectivity index (χ0n) is 13.2. The third-order valence-electron chi connectivity index (χ3n) is 3.93. The summed E-state index contributed by atoms with van der Waals surface area (Å²) >= 11 is 0. The molecule has 1 N–H and O–H groups in total. The molecule has 2 aromatic carbocycles. The first-order valence-electron chi connectivity index (χ1n) is 7.63. The van der Waals surface area contributed by atoms with Crippen molar-refractivity contribution in [2.75, 3.05) is 0 Å². The van der Waals surface area contributed by atoms with E-state index in [9.17, 15) is 4.79 Å². The maximum Gasteiger partial charge on any atom is 0.335 e. The van der Waals surface area contributed by atoms with Crippen LogP contribution >= 0.6 is 0 Å². The minimum atomic E-state index is -0.909. The molecule has 4 nitrogen and oxygen atoms in total. The van der Waals surface area contributed by atoms with Gasteiger partial charge in [-0.1, -0.05) is 12.1 Å². The van der Waals surface area contributed by atoms with Crippen LogP contribution in [0.15, 0.2) is 48.5 Å². The topological polar surface area (TPSA) is 51.5 Å². The fourth-order valence-corrected chi connectivity index (χ4v) is 2.82. The van der Waals surface area contributed by atoms with E-state index in [-0.39, 0.29) is 0 Å². The molecule has 0 aliphatic carbocycles. The van der Waals surface area contributed by atoms with Gasteiger partial charge in [0.05, 0.1) is 11.3 Å². The van der Waals surface area contributed by atoms with Crippen LogP contribution in [0.25, 0.3) is 10.9 Å². The lowest BCUT2D eigenvalue weighted by Crippen LogP contribution is -2.04. The molecule has 3 aromatic rings. The summed E-state index contributed by atoms with van der Waals surface area (Å²) in [6.07, 6.45) is 0. The van der Waals surface area contributed by atoms with Crippen LogP contribution in [0.5, 0.6) is 5.75 Å². The van der Waals surface area contributed by atoms with E-state index in [0.717, 1.165) is 34.5 Å². The molecule has 1 aromatic heterocycles. The number of nitrogens with zero attached hydrogens (tertiary/aromatic N) is 1. The van der Waals surface area contributed by atoms with Gasteiger partial charge >= 0.3 is 5.97 Å². The molecular formula is C19H19NO3. The smallest absolute Gasteiger partial charge is 0.335 e. The second-order valence-corrected chi connectivity index (χ2v) is 5.56. The molecule has 0 spiro atoms. The second kappa shape index (κ2) is 6.16. The Bertz CT molecular complexity index is 864. The van der Waals surface area contributed by atoms with Crippen LogP contribution in [0, 0.1) is 6.92 Å². The van der Waals surface area contributed by atoms with Crippen molar-refractivity contribution < 1.29 is 14.6 Å². The first-order chi connectivity index (χ1) is 11.1. The molecule has 0 bridgehead atoms. The van der Waals surface area contributed by atoms with Crippen molar-refractivity contribution in [1.29, 1.82) is 0 Å². The maximum atomic E-state index is 11.1. The zero-order valence-corrected chi connectivity index (χ0v) is 13.2. The minimum absolute atomic E-state index is 0.303. The number of carboxylic acids is 1. The van der Waals surface area contributed by atoms with Gasteiger partial charge in [-0.3, -0.25) is 0 Å². The number of aromatic carboxylic acids is 1. The number of rotatable bonds is 5. The summed E-state index contributed by atoms with van der Waals surface area (Å²) in [7, 11) is 0. The Morgan fingerprint density at radius 1 is 1.17 bits per heavy atom. The molecular weight excluding hydrogens is 290 g/mol. The summed E-state index contributed by atoms with van der Waals surface area (Å²) in [6.45, 7) is 5.36. The van der Waals surface area contributed by atoms with Crippen LogP contribution in [0.4, 0.5) is 0 Å². The van der Waals surface area contributed by atoms with Gasteiger partial charge < -0.3 is 14.4 Å². The molecule has 0 atom stereocenters. The molecule has 0 saturated carbocycles. The van der Waals surface area contributed by atoms with E-state index in [0.29, 0.717) is 12.2 Å². The largest absolute Gasteiger partial charge is 0.487 e. The summed E-state index contributed by atoms with van der Waals surface area (Å²) in [5.41, 5.74) is 3.52. The highest BCUT2D eigenvalue weighted by Crippen LogP contribution is 2.23. The van der Waals surface area contributed by atoms with E-state index in [1.807, 2.05) is 43.3 Å². The van der Waals surface area contributed by atoms with Crippen LogP contribution in [-0.2, 0) is 13.2 Å². The lowest BCUT2D eigenvalue weighted by Gasteiger charge is -2.10. The number of carbonyl (C=O) groups is 1. The monoisotopic (exact) mass is 309 g/mol. The van der Waals surface area contributed by atoms with Crippen LogP contribution in [-0.4, -0.2) is 15.6 Å². The molecule has 23 heavy (non-hydrogen) atoms. The number of carboxylic acid groups (broad SMARTS) is 1. The molecule has 0 aliphatic heterocycles. The third kappa shape index (κ3) is 3.06. The third-order valence-corrected chi connectivity index (χ3v) is 3.93. The predicted octanol–water partition coefficient (Wildman–Crippen LogP) is 4.25. The Hall–Kier alpha value is -2.75. The molecule has 0 amide bonds. The van der Waals surface area contributed by atoms with Crippen LogP contribution < -0.4 is 4.74 Å². The molecule has 0 unspecified atom stereocenters. The van der Waals surface area contributed by atoms with Crippen LogP contribution in [0.2, 0.25) is 0 Å². The van der Waals surface area contributed by atoms with E-state index in [2.05, 4.69) is 11.5 Å². The van der Waals surface area contributed by atoms with E-state index in [1.165, 1.54) is 0 Å². The highest BCUT2D eigenvalue weighted by molar-refractivity contribution is 5.94. The summed E-state index contributed by atoms with van der Waals surface area (Å²) < 4.78 is 8.04. The van der Waals surface area contributed by atoms with Gasteiger partial charge in [0.15, 0.2) is 0 Å². The van der Waals surface area contributed by atoms with Gasteiger partial charge in [-0.05, 0) is 55.8 Å². The standard InChI is InChI=1S/C19H19NO3/c1-3-20-16(12-23-17-6-4-5-13(2)9-17)11-15-10-14(19(21)22)7-8-18(15)20/h4-11H,3,12H2,1-2H3,(H,21,22). The van der Waals surface area contributed by atoms with Gasteiger partial charge in [-0.2, -0.15) is 0 Å². The summed E-state index contributed by atoms with van der Waals surface area (Å²) in [5.74, 6) is -0.0714. The average molecular weight is 309 g/mol. The van der Waals surface area contributed by atoms with Gasteiger partial charge in [-0.15, -0.1) is 0 Å². The number of hydrogen-bond donors (Lipinski definition) is 1. The lowest BCUT2D eigenvalue weighted by atomic mass is 10.1. The van der Waals surface area contributed by atoms with Crippen LogP contribution in [0.1, 0.15) is 28.5 Å². The zero-order chi connectivity index (χ0) is 16.4. The average Bonchev–Trinajstić information content (AvgIpc) is 2.89. The highest BCUT2D eigenvalue weighted by atomic mass is 16.5. The first kappa shape index (κ1) is 15.2. The normalized spacial score (nSPS) is 10.9. The maximum absolute atomic E-state index is 11.1. The van der Waals surface area contributed by atoms with Gasteiger partial charge in [0.2, 0.25) is 0 Å². The van der Waals surface area contributed by atoms with Crippen molar-refractivity contribution in [2.24, 2.45) is 0 Å². The quantitative estimate of drug-likeness (QED) is 0.766. The number of aromatic nitrogens is 1. The predicted molar refractivity (Wildman–Crippen MR) is 90.1 cm³/mol. The van der Waals surface area contributed by atoms with Crippen molar-refractivity contribution in [1.82, 2.24) is 4.57 Å². The fraction of sp³-hybridized carbons (Fsp3) is 0.211. The number of hydrogen-bond acceptors (Lipinski definition) is 2. The van der Waals surface area contributed by atoms with E-state index >= 15 is 0 Å². The molecule has 0 fully saturated rings. The number of fused-ring (bicyclic) bond motifs is 1. The fourth-order valence-electron chi connectivity index (χ4n) is 2.82. The molecule has 0 aliphatic rings.